The van der Waals surface area contributed by atoms with Crippen LogP contribution in [0.3, 0.4) is 0 Å². The van der Waals surface area contributed by atoms with Gasteiger partial charge in [0, 0.05) is 13.1 Å². The fraction of sp³-hybridized carbons (Fsp3) is 0.476. The van der Waals surface area contributed by atoms with E-state index in [1.807, 2.05) is 31.2 Å². The molecule has 0 saturated carbocycles. The molecule has 28 heavy (non-hydrogen) atoms. The maximum Gasteiger partial charge on any atom is 0.309 e. The Balaban J connectivity index is 1.63. The summed E-state index contributed by atoms with van der Waals surface area (Å²) in [6.45, 7) is 7.14. The lowest BCUT2D eigenvalue weighted by molar-refractivity contribution is -0.149. The van der Waals surface area contributed by atoms with E-state index in [0.717, 1.165) is 11.3 Å². The van der Waals surface area contributed by atoms with Crippen molar-refractivity contribution in [1.82, 2.24) is 10.1 Å². The third kappa shape index (κ3) is 4.52. The number of carbonyl (C=O) groups is 2. The van der Waals surface area contributed by atoms with Crippen molar-refractivity contribution in [3.05, 3.63) is 46.8 Å². The highest BCUT2D eigenvalue weighted by atomic mass is 16.5. The summed E-state index contributed by atoms with van der Waals surface area (Å²) in [6, 6.07) is 7.71. The smallest absolute Gasteiger partial charge is 0.309 e. The number of rotatable bonds is 6. The summed E-state index contributed by atoms with van der Waals surface area (Å²) in [4.78, 5) is 26.5. The zero-order chi connectivity index (χ0) is 20.1. The van der Waals surface area contributed by atoms with Gasteiger partial charge in [0.15, 0.2) is 5.69 Å². The summed E-state index contributed by atoms with van der Waals surface area (Å²) in [6.07, 6.45) is 1.19. The van der Waals surface area contributed by atoms with Crippen LogP contribution in [-0.2, 0) is 16.1 Å². The van der Waals surface area contributed by atoms with Gasteiger partial charge in [0.25, 0.3) is 5.91 Å². The number of benzene rings is 1. The molecule has 0 N–H and O–H groups in total. The average Bonchev–Trinajstić information content (AvgIpc) is 3.08. The maximum atomic E-state index is 12.9. The first-order valence-corrected chi connectivity index (χ1v) is 9.60. The standard InChI is InChI=1S/C21H26N2O5/c1-4-26-21(25)16-9-11-23(12-10-16)20(24)19-18(15(3)28-22-19)13-27-17-7-5-14(2)6-8-17/h5-8,16H,4,9-13H2,1-3H3. The molecule has 2 aromatic rings. The van der Waals surface area contributed by atoms with Crippen molar-refractivity contribution in [2.45, 2.75) is 40.2 Å². The number of carbonyl (C=O) groups excluding carboxylic acids is 2. The summed E-state index contributed by atoms with van der Waals surface area (Å²) in [5, 5.41) is 3.96. The molecule has 1 saturated heterocycles. The van der Waals surface area contributed by atoms with Gasteiger partial charge in [-0.15, -0.1) is 0 Å². The summed E-state index contributed by atoms with van der Waals surface area (Å²) in [5.41, 5.74) is 2.08. The van der Waals surface area contributed by atoms with Crippen LogP contribution in [0.5, 0.6) is 5.75 Å². The van der Waals surface area contributed by atoms with Crippen LogP contribution in [0.15, 0.2) is 28.8 Å². The molecule has 3 rings (SSSR count). The largest absolute Gasteiger partial charge is 0.489 e. The van der Waals surface area contributed by atoms with Crippen LogP contribution in [-0.4, -0.2) is 41.6 Å². The molecular weight excluding hydrogens is 360 g/mol. The summed E-state index contributed by atoms with van der Waals surface area (Å²) in [7, 11) is 0. The normalized spacial score (nSPS) is 14.8. The Morgan fingerprint density at radius 1 is 1.18 bits per heavy atom. The lowest BCUT2D eigenvalue weighted by Crippen LogP contribution is -2.41. The predicted octanol–water partition coefficient (Wildman–Crippen LogP) is 3.29. The number of piperidine rings is 1. The third-order valence-electron chi connectivity index (χ3n) is 4.99. The van der Waals surface area contributed by atoms with E-state index in [2.05, 4.69) is 5.16 Å². The Labute approximate surface area is 164 Å². The van der Waals surface area contributed by atoms with E-state index in [4.69, 9.17) is 14.0 Å². The molecule has 1 fully saturated rings. The van der Waals surface area contributed by atoms with Crippen molar-refractivity contribution in [3.63, 3.8) is 0 Å². The lowest BCUT2D eigenvalue weighted by atomic mass is 9.96. The minimum Gasteiger partial charge on any atom is -0.489 e. The maximum absolute atomic E-state index is 12.9. The van der Waals surface area contributed by atoms with Crippen LogP contribution in [0.4, 0.5) is 0 Å². The van der Waals surface area contributed by atoms with Crippen LogP contribution in [0, 0.1) is 19.8 Å². The second-order valence-electron chi connectivity index (χ2n) is 6.99. The molecule has 0 atom stereocenters. The van der Waals surface area contributed by atoms with Crippen molar-refractivity contribution in [1.29, 1.82) is 0 Å². The molecule has 7 nitrogen and oxygen atoms in total. The highest BCUT2D eigenvalue weighted by Gasteiger charge is 2.31. The number of aromatic nitrogens is 1. The Morgan fingerprint density at radius 3 is 2.50 bits per heavy atom. The second kappa shape index (κ2) is 8.91. The molecule has 2 heterocycles. The molecule has 7 heteroatoms. The minimum absolute atomic E-state index is 0.146. The number of hydrogen-bond acceptors (Lipinski definition) is 6. The quantitative estimate of drug-likeness (QED) is 0.709. The van der Waals surface area contributed by atoms with Crippen LogP contribution < -0.4 is 4.74 Å². The first-order valence-electron chi connectivity index (χ1n) is 9.60. The fourth-order valence-corrected chi connectivity index (χ4v) is 3.25. The molecule has 1 aromatic carbocycles. The topological polar surface area (TPSA) is 81.9 Å². The Bertz CT molecular complexity index is 820. The number of nitrogens with zero attached hydrogens (tertiary/aromatic N) is 2. The van der Waals surface area contributed by atoms with Gasteiger partial charge in [-0.05, 0) is 45.7 Å². The number of esters is 1. The van der Waals surface area contributed by atoms with Gasteiger partial charge >= 0.3 is 5.97 Å². The number of aryl methyl sites for hydroxylation is 2. The summed E-state index contributed by atoms with van der Waals surface area (Å²) in [5.74, 6) is 0.768. The zero-order valence-corrected chi connectivity index (χ0v) is 16.6. The van der Waals surface area contributed by atoms with E-state index in [1.54, 1.807) is 18.7 Å². The van der Waals surface area contributed by atoms with Gasteiger partial charge in [-0.1, -0.05) is 22.9 Å². The first-order chi connectivity index (χ1) is 13.5. The molecule has 1 aliphatic rings. The third-order valence-corrected chi connectivity index (χ3v) is 4.99. The average molecular weight is 386 g/mol. The molecule has 150 valence electrons. The molecular formula is C21H26N2O5. The molecule has 1 amide bonds. The van der Waals surface area contributed by atoms with Gasteiger partial charge in [0.2, 0.25) is 0 Å². The number of amides is 1. The summed E-state index contributed by atoms with van der Waals surface area (Å²) >= 11 is 0. The van der Waals surface area contributed by atoms with E-state index < -0.39 is 0 Å². The Hall–Kier alpha value is -2.83. The van der Waals surface area contributed by atoms with E-state index in [-0.39, 0.29) is 30.1 Å². The molecule has 1 aromatic heterocycles. The van der Waals surface area contributed by atoms with Crippen LogP contribution >= 0.6 is 0 Å². The highest BCUT2D eigenvalue weighted by Crippen LogP contribution is 2.23. The Morgan fingerprint density at radius 2 is 1.86 bits per heavy atom. The zero-order valence-electron chi connectivity index (χ0n) is 16.6. The highest BCUT2D eigenvalue weighted by molar-refractivity contribution is 5.94. The fourth-order valence-electron chi connectivity index (χ4n) is 3.25. The van der Waals surface area contributed by atoms with Crippen molar-refractivity contribution < 1.29 is 23.6 Å². The van der Waals surface area contributed by atoms with Crippen LogP contribution in [0.25, 0.3) is 0 Å². The number of hydrogen-bond donors (Lipinski definition) is 0. The molecule has 0 unspecified atom stereocenters. The first kappa shape index (κ1) is 19.9. The van der Waals surface area contributed by atoms with Gasteiger partial charge in [-0.25, -0.2) is 0 Å². The van der Waals surface area contributed by atoms with E-state index >= 15 is 0 Å². The van der Waals surface area contributed by atoms with Crippen molar-refractivity contribution >= 4 is 11.9 Å². The van der Waals surface area contributed by atoms with E-state index in [9.17, 15) is 9.59 Å². The molecule has 0 bridgehead atoms. The monoisotopic (exact) mass is 386 g/mol. The number of likely N-dealkylation sites (tertiary alicyclic amines) is 1. The van der Waals surface area contributed by atoms with Gasteiger partial charge in [0.05, 0.1) is 18.1 Å². The number of ether oxygens (including phenoxy) is 2. The van der Waals surface area contributed by atoms with Crippen LogP contribution in [0.1, 0.15) is 47.1 Å². The summed E-state index contributed by atoms with van der Waals surface area (Å²) < 4.78 is 16.1. The predicted molar refractivity (Wildman–Crippen MR) is 102 cm³/mol. The van der Waals surface area contributed by atoms with Crippen LogP contribution in [0.2, 0.25) is 0 Å². The van der Waals surface area contributed by atoms with E-state index in [1.165, 1.54) is 0 Å². The lowest BCUT2D eigenvalue weighted by Gasteiger charge is -2.30. The van der Waals surface area contributed by atoms with Crippen molar-refractivity contribution in [2.24, 2.45) is 5.92 Å². The van der Waals surface area contributed by atoms with Crippen molar-refractivity contribution in [3.8, 4) is 5.75 Å². The Kier molecular flexibility index (Phi) is 6.34. The van der Waals surface area contributed by atoms with Gasteiger partial charge < -0.3 is 18.9 Å². The van der Waals surface area contributed by atoms with Gasteiger partial charge in [-0.3, -0.25) is 9.59 Å². The van der Waals surface area contributed by atoms with Gasteiger partial charge in [-0.2, -0.15) is 0 Å². The molecule has 0 radical (unpaired) electrons. The molecule has 0 aliphatic carbocycles. The van der Waals surface area contributed by atoms with E-state index in [0.29, 0.717) is 43.9 Å². The molecule has 1 aliphatic heterocycles. The molecule has 0 spiro atoms. The SMILES string of the molecule is CCOC(=O)C1CCN(C(=O)c2noc(C)c2COc2ccc(C)cc2)CC1. The van der Waals surface area contributed by atoms with Gasteiger partial charge in [0.1, 0.15) is 18.1 Å². The minimum atomic E-state index is -0.193. The second-order valence-corrected chi connectivity index (χ2v) is 6.99. The van der Waals surface area contributed by atoms with Crippen molar-refractivity contribution in [2.75, 3.05) is 19.7 Å².